The van der Waals surface area contributed by atoms with Gasteiger partial charge in [-0.1, -0.05) is 0 Å². The average Bonchev–Trinajstić information content (AvgIpc) is 2.79. The third kappa shape index (κ3) is 3.55. The van der Waals surface area contributed by atoms with Crippen LogP contribution in [-0.4, -0.2) is 75.2 Å². The quantitative estimate of drug-likeness (QED) is 0.717. The molecule has 6 heteroatoms. The Hall–Kier alpha value is -1.14. The Kier molecular flexibility index (Phi) is 5.58. The van der Waals surface area contributed by atoms with Crippen molar-refractivity contribution < 1.29 is 19.1 Å². The van der Waals surface area contributed by atoms with Crippen LogP contribution < -0.4 is 0 Å². The molecule has 0 bridgehead atoms. The molecule has 2 amide bonds. The van der Waals surface area contributed by atoms with E-state index in [1.54, 1.807) is 14.2 Å². The van der Waals surface area contributed by atoms with Crippen LogP contribution in [0.1, 0.15) is 25.7 Å². The van der Waals surface area contributed by atoms with Gasteiger partial charge in [-0.05, 0) is 19.3 Å². The second-order valence-corrected chi connectivity index (χ2v) is 5.98. The Balaban J connectivity index is 1.96. The highest BCUT2D eigenvalue weighted by Crippen LogP contribution is 2.40. The summed E-state index contributed by atoms with van der Waals surface area (Å²) in [6.07, 6.45) is 3.05. The van der Waals surface area contributed by atoms with E-state index < -0.39 is 0 Å². The van der Waals surface area contributed by atoms with E-state index >= 15 is 0 Å². The van der Waals surface area contributed by atoms with Crippen molar-refractivity contribution in [2.45, 2.75) is 25.7 Å². The molecule has 0 aromatic carbocycles. The molecule has 1 spiro atoms. The van der Waals surface area contributed by atoms with E-state index in [9.17, 15) is 9.59 Å². The topological polar surface area (TPSA) is 59.1 Å². The van der Waals surface area contributed by atoms with Crippen LogP contribution in [0, 0.1) is 5.41 Å². The molecule has 1 atom stereocenters. The number of rotatable bonds is 6. The standard InChI is InChI=1S/C15H26N2O4/c1-20-10-4-13(18)17-7-3-5-15(12-17)6-8-16(14(15)19)9-11-21-2/h3-12H2,1-2H3. The van der Waals surface area contributed by atoms with Gasteiger partial charge in [0.15, 0.2) is 0 Å². The van der Waals surface area contributed by atoms with Crippen LogP contribution in [-0.2, 0) is 19.1 Å². The van der Waals surface area contributed by atoms with Crippen LogP contribution >= 0.6 is 0 Å². The van der Waals surface area contributed by atoms with Crippen molar-refractivity contribution in [1.29, 1.82) is 0 Å². The molecule has 120 valence electrons. The summed E-state index contributed by atoms with van der Waals surface area (Å²) in [5, 5.41) is 0. The first-order chi connectivity index (χ1) is 10.1. The normalized spacial score (nSPS) is 25.9. The number of carbonyl (C=O) groups is 2. The summed E-state index contributed by atoms with van der Waals surface area (Å²) in [6, 6.07) is 0. The SMILES string of the molecule is COCCC(=O)N1CCCC2(CCN(CCOC)C2=O)C1. The number of likely N-dealkylation sites (tertiary alicyclic amines) is 2. The van der Waals surface area contributed by atoms with Crippen molar-refractivity contribution in [3.63, 3.8) is 0 Å². The minimum Gasteiger partial charge on any atom is -0.384 e. The molecule has 2 heterocycles. The Morgan fingerprint density at radius 2 is 1.95 bits per heavy atom. The van der Waals surface area contributed by atoms with Crippen LogP contribution in [0.2, 0.25) is 0 Å². The molecule has 6 nitrogen and oxygen atoms in total. The van der Waals surface area contributed by atoms with E-state index in [0.717, 1.165) is 32.4 Å². The van der Waals surface area contributed by atoms with E-state index in [0.29, 0.717) is 32.7 Å². The molecule has 21 heavy (non-hydrogen) atoms. The fourth-order valence-corrected chi connectivity index (χ4v) is 3.38. The minimum atomic E-state index is -0.352. The Morgan fingerprint density at radius 1 is 1.19 bits per heavy atom. The number of hydrogen-bond donors (Lipinski definition) is 0. The minimum absolute atomic E-state index is 0.0964. The van der Waals surface area contributed by atoms with Gasteiger partial charge >= 0.3 is 0 Å². The molecular weight excluding hydrogens is 272 g/mol. The molecule has 2 saturated heterocycles. The van der Waals surface area contributed by atoms with Crippen molar-refractivity contribution in [3.05, 3.63) is 0 Å². The predicted molar refractivity (Wildman–Crippen MR) is 77.8 cm³/mol. The van der Waals surface area contributed by atoms with Gasteiger partial charge in [0.2, 0.25) is 11.8 Å². The summed E-state index contributed by atoms with van der Waals surface area (Å²) in [7, 11) is 3.24. The molecule has 0 N–H and O–H groups in total. The van der Waals surface area contributed by atoms with Crippen LogP contribution in [0.25, 0.3) is 0 Å². The molecule has 2 rings (SSSR count). The van der Waals surface area contributed by atoms with Crippen LogP contribution in [0.3, 0.4) is 0 Å². The number of piperidine rings is 1. The van der Waals surface area contributed by atoms with Crippen molar-refractivity contribution in [2.75, 3.05) is 53.6 Å². The largest absolute Gasteiger partial charge is 0.384 e. The first kappa shape index (κ1) is 16.2. The highest BCUT2D eigenvalue weighted by atomic mass is 16.5. The number of carbonyl (C=O) groups excluding carboxylic acids is 2. The Morgan fingerprint density at radius 3 is 2.67 bits per heavy atom. The van der Waals surface area contributed by atoms with E-state index in [1.165, 1.54) is 0 Å². The summed E-state index contributed by atoms with van der Waals surface area (Å²) in [6.45, 7) is 3.76. The molecular formula is C15H26N2O4. The second-order valence-electron chi connectivity index (χ2n) is 5.98. The number of methoxy groups -OCH3 is 2. The number of amides is 2. The van der Waals surface area contributed by atoms with Crippen LogP contribution in [0.15, 0.2) is 0 Å². The summed E-state index contributed by atoms with van der Waals surface area (Å²) in [5.41, 5.74) is -0.352. The number of hydrogen-bond acceptors (Lipinski definition) is 4. The van der Waals surface area contributed by atoms with Gasteiger partial charge in [-0.15, -0.1) is 0 Å². The third-order valence-electron chi connectivity index (χ3n) is 4.62. The first-order valence-electron chi connectivity index (χ1n) is 7.68. The summed E-state index contributed by atoms with van der Waals surface area (Å²) >= 11 is 0. The fourth-order valence-electron chi connectivity index (χ4n) is 3.38. The van der Waals surface area contributed by atoms with Gasteiger partial charge in [-0.25, -0.2) is 0 Å². The first-order valence-corrected chi connectivity index (χ1v) is 7.68. The zero-order valence-corrected chi connectivity index (χ0v) is 13.1. The zero-order valence-electron chi connectivity index (χ0n) is 13.1. The molecule has 2 fully saturated rings. The van der Waals surface area contributed by atoms with Gasteiger partial charge in [0.1, 0.15) is 0 Å². The summed E-state index contributed by atoms with van der Waals surface area (Å²) < 4.78 is 10.0. The van der Waals surface area contributed by atoms with E-state index in [4.69, 9.17) is 9.47 Å². The van der Waals surface area contributed by atoms with Gasteiger partial charge in [-0.2, -0.15) is 0 Å². The number of nitrogens with zero attached hydrogens (tertiary/aromatic N) is 2. The maximum atomic E-state index is 12.7. The molecule has 1 unspecified atom stereocenters. The van der Waals surface area contributed by atoms with Crippen molar-refractivity contribution in [3.8, 4) is 0 Å². The van der Waals surface area contributed by atoms with E-state index in [-0.39, 0.29) is 17.2 Å². The van der Waals surface area contributed by atoms with Gasteiger partial charge in [-0.3, -0.25) is 9.59 Å². The highest BCUT2D eigenvalue weighted by Gasteiger charge is 2.49. The van der Waals surface area contributed by atoms with Crippen LogP contribution in [0.5, 0.6) is 0 Å². The van der Waals surface area contributed by atoms with Crippen molar-refractivity contribution in [2.24, 2.45) is 5.41 Å². The maximum Gasteiger partial charge on any atom is 0.230 e. The smallest absolute Gasteiger partial charge is 0.230 e. The molecule has 0 aliphatic carbocycles. The van der Waals surface area contributed by atoms with Gasteiger partial charge in [0, 0.05) is 40.4 Å². The van der Waals surface area contributed by atoms with Crippen LogP contribution in [0.4, 0.5) is 0 Å². The zero-order chi connectivity index (χ0) is 15.3. The van der Waals surface area contributed by atoms with Gasteiger partial charge in [0.05, 0.1) is 25.0 Å². The lowest BCUT2D eigenvalue weighted by Crippen LogP contribution is -2.50. The van der Waals surface area contributed by atoms with Gasteiger partial charge < -0.3 is 19.3 Å². The third-order valence-corrected chi connectivity index (χ3v) is 4.62. The number of ether oxygens (including phenoxy) is 2. The molecule has 0 radical (unpaired) electrons. The molecule has 0 saturated carbocycles. The second kappa shape index (κ2) is 7.22. The Labute approximate surface area is 126 Å². The average molecular weight is 298 g/mol. The van der Waals surface area contributed by atoms with Crippen molar-refractivity contribution in [1.82, 2.24) is 9.80 Å². The molecule has 2 aliphatic rings. The van der Waals surface area contributed by atoms with Crippen molar-refractivity contribution >= 4 is 11.8 Å². The van der Waals surface area contributed by atoms with E-state index in [1.807, 2.05) is 9.80 Å². The Bertz CT molecular complexity index is 388. The lowest BCUT2D eigenvalue weighted by atomic mass is 9.78. The molecule has 0 aromatic rings. The summed E-state index contributed by atoms with van der Waals surface area (Å²) in [4.78, 5) is 28.6. The lowest BCUT2D eigenvalue weighted by molar-refractivity contribution is -0.144. The highest BCUT2D eigenvalue weighted by molar-refractivity contribution is 5.86. The van der Waals surface area contributed by atoms with E-state index in [2.05, 4.69) is 0 Å². The lowest BCUT2D eigenvalue weighted by Gasteiger charge is -2.39. The maximum absolute atomic E-state index is 12.7. The summed E-state index contributed by atoms with van der Waals surface area (Å²) in [5.74, 6) is 0.294. The molecule has 2 aliphatic heterocycles. The molecule has 0 aromatic heterocycles. The fraction of sp³-hybridized carbons (Fsp3) is 0.867. The monoisotopic (exact) mass is 298 g/mol. The predicted octanol–water partition coefficient (Wildman–Crippen LogP) is 0.510. The van der Waals surface area contributed by atoms with Gasteiger partial charge in [0.25, 0.3) is 0 Å².